The van der Waals surface area contributed by atoms with Gasteiger partial charge in [0.25, 0.3) is 0 Å². The molecule has 2 rings (SSSR count). The minimum atomic E-state index is 0.294. The van der Waals surface area contributed by atoms with Crippen LogP contribution < -0.4 is 5.73 Å². The number of fused-ring (bicyclic) bond motifs is 1. The van der Waals surface area contributed by atoms with E-state index in [1.54, 1.807) is 0 Å². The van der Waals surface area contributed by atoms with Gasteiger partial charge in [-0.3, -0.25) is 0 Å². The van der Waals surface area contributed by atoms with E-state index in [1.807, 2.05) is 0 Å². The van der Waals surface area contributed by atoms with E-state index < -0.39 is 0 Å². The van der Waals surface area contributed by atoms with Crippen LogP contribution in [0.15, 0.2) is 0 Å². The Morgan fingerprint density at radius 1 is 1.60 bits per heavy atom. The molecule has 1 aliphatic rings. The van der Waals surface area contributed by atoms with E-state index in [1.165, 1.54) is 11.4 Å². The molecule has 0 amide bonds. The van der Waals surface area contributed by atoms with Crippen LogP contribution in [-0.2, 0) is 24.2 Å². The molecule has 0 aromatic carbocycles. The normalized spacial score (nSPS) is 20.3. The number of ether oxygens (including phenoxy) is 1. The van der Waals surface area contributed by atoms with Gasteiger partial charge in [-0.05, 0) is 19.3 Å². The zero-order valence-electron chi connectivity index (χ0n) is 9.25. The smallest absolute Gasteiger partial charge is 0.132 e. The highest BCUT2D eigenvalue weighted by Crippen LogP contribution is 2.18. The predicted octanol–water partition coefficient (Wildman–Crippen LogP) is 1.15. The molecule has 0 bridgehead atoms. The minimum absolute atomic E-state index is 0.294. The van der Waals surface area contributed by atoms with Gasteiger partial charge in [0.1, 0.15) is 12.4 Å². The van der Waals surface area contributed by atoms with Crippen LogP contribution in [0.25, 0.3) is 0 Å². The fourth-order valence-corrected chi connectivity index (χ4v) is 1.95. The Morgan fingerprint density at radius 3 is 3.27 bits per heavy atom. The van der Waals surface area contributed by atoms with E-state index in [2.05, 4.69) is 16.9 Å². The Balaban J connectivity index is 1.96. The summed E-state index contributed by atoms with van der Waals surface area (Å²) in [6.07, 6.45) is 4.02. The fourth-order valence-electron chi connectivity index (χ4n) is 1.95. The molecule has 0 fully saturated rings. The summed E-state index contributed by atoms with van der Waals surface area (Å²) >= 11 is 0. The van der Waals surface area contributed by atoms with Crippen molar-refractivity contribution >= 4 is 0 Å². The third kappa shape index (κ3) is 2.58. The van der Waals surface area contributed by atoms with Crippen molar-refractivity contribution in [2.75, 3.05) is 6.61 Å². The number of imidazole rings is 1. The van der Waals surface area contributed by atoms with E-state index in [-0.39, 0.29) is 0 Å². The molecule has 15 heavy (non-hydrogen) atoms. The van der Waals surface area contributed by atoms with Crippen LogP contribution in [0, 0.1) is 0 Å². The molecular formula is C11H19N3O. The molecule has 1 aromatic heterocycles. The minimum Gasteiger partial charge on any atom is -0.374 e. The van der Waals surface area contributed by atoms with Crippen molar-refractivity contribution in [3.05, 3.63) is 17.2 Å². The summed E-state index contributed by atoms with van der Waals surface area (Å²) in [6, 6.07) is 0.294. The second kappa shape index (κ2) is 4.77. The summed E-state index contributed by atoms with van der Waals surface area (Å²) in [6.45, 7) is 3.49. The Labute approximate surface area is 90.2 Å². The van der Waals surface area contributed by atoms with Gasteiger partial charge in [-0.25, -0.2) is 4.98 Å². The summed E-state index contributed by atoms with van der Waals surface area (Å²) in [4.78, 5) is 7.83. The lowest BCUT2D eigenvalue weighted by Crippen LogP contribution is -2.27. The molecule has 0 aliphatic heterocycles. The molecule has 84 valence electrons. The van der Waals surface area contributed by atoms with Crippen LogP contribution >= 0.6 is 0 Å². The number of nitrogens with zero attached hydrogens (tertiary/aromatic N) is 1. The molecule has 1 atom stereocenters. The van der Waals surface area contributed by atoms with Crippen LogP contribution in [0.4, 0.5) is 0 Å². The van der Waals surface area contributed by atoms with Crippen molar-refractivity contribution in [1.82, 2.24) is 9.97 Å². The molecule has 1 heterocycles. The number of hydrogen-bond donors (Lipinski definition) is 2. The van der Waals surface area contributed by atoms with Gasteiger partial charge in [0, 0.05) is 24.8 Å². The zero-order valence-corrected chi connectivity index (χ0v) is 9.25. The maximum Gasteiger partial charge on any atom is 0.132 e. The van der Waals surface area contributed by atoms with E-state index in [0.717, 1.165) is 38.1 Å². The predicted molar refractivity (Wildman–Crippen MR) is 58.5 cm³/mol. The molecule has 1 aliphatic carbocycles. The van der Waals surface area contributed by atoms with Gasteiger partial charge in [0.15, 0.2) is 0 Å². The van der Waals surface area contributed by atoms with E-state index >= 15 is 0 Å². The fraction of sp³-hybridized carbons (Fsp3) is 0.727. The van der Waals surface area contributed by atoms with Gasteiger partial charge in [0.05, 0.1) is 5.69 Å². The molecule has 1 unspecified atom stereocenters. The standard InChI is InChI=1S/C11H19N3O/c1-2-5-15-7-11-13-9-4-3-8(12)6-10(9)14-11/h8H,2-7,12H2,1H3,(H,13,14). The first-order valence-corrected chi connectivity index (χ1v) is 5.69. The van der Waals surface area contributed by atoms with Crippen molar-refractivity contribution < 1.29 is 4.74 Å². The Bertz CT molecular complexity index is 322. The SMILES string of the molecule is CCCOCc1nc2c([nH]1)CC(N)CC2. The molecule has 0 saturated carbocycles. The van der Waals surface area contributed by atoms with Gasteiger partial charge < -0.3 is 15.5 Å². The van der Waals surface area contributed by atoms with Crippen LogP contribution in [0.1, 0.15) is 37.0 Å². The van der Waals surface area contributed by atoms with E-state index in [0.29, 0.717) is 12.6 Å². The van der Waals surface area contributed by atoms with Crippen LogP contribution in [0.2, 0.25) is 0 Å². The Kier molecular flexibility index (Phi) is 3.38. The monoisotopic (exact) mass is 209 g/mol. The second-order valence-electron chi connectivity index (χ2n) is 4.16. The molecule has 0 spiro atoms. The maximum atomic E-state index is 5.90. The van der Waals surface area contributed by atoms with Gasteiger partial charge in [-0.15, -0.1) is 0 Å². The lowest BCUT2D eigenvalue weighted by atomic mass is 9.97. The molecular weight excluding hydrogens is 190 g/mol. The molecule has 4 nitrogen and oxygen atoms in total. The molecule has 3 N–H and O–H groups in total. The first-order valence-electron chi connectivity index (χ1n) is 5.69. The topological polar surface area (TPSA) is 63.9 Å². The van der Waals surface area contributed by atoms with Crippen molar-refractivity contribution in [3.63, 3.8) is 0 Å². The van der Waals surface area contributed by atoms with Crippen LogP contribution in [0.5, 0.6) is 0 Å². The number of aryl methyl sites for hydroxylation is 1. The summed E-state index contributed by atoms with van der Waals surface area (Å²) in [5.41, 5.74) is 8.30. The number of H-pyrrole nitrogens is 1. The van der Waals surface area contributed by atoms with Crippen LogP contribution in [-0.4, -0.2) is 22.6 Å². The maximum absolute atomic E-state index is 5.90. The Morgan fingerprint density at radius 2 is 2.47 bits per heavy atom. The number of hydrogen-bond acceptors (Lipinski definition) is 3. The van der Waals surface area contributed by atoms with Crippen molar-refractivity contribution in [2.24, 2.45) is 5.73 Å². The summed E-state index contributed by atoms with van der Waals surface area (Å²) in [7, 11) is 0. The number of nitrogens with two attached hydrogens (primary N) is 1. The lowest BCUT2D eigenvalue weighted by molar-refractivity contribution is 0.116. The first-order chi connectivity index (χ1) is 7.29. The average molecular weight is 209 g/mol. The van der Waals surface area contributed by atoms with Gasteiger partial charge in [-0.2, -0.15) is 0 Å². The first kappa shape index (κ1) is 10.6. The highest BCUT2D eigenvalue weighted by Gasteiger charge is 2.19. The number of aromatic nitrogens is 2. The largest absolute Gasteiger partial charge is 0.374 e. The van der Waals surface area contributed by atoms with Crippen molar-refractivity contribution in [1.29, 1.82) is 0 Å². The number of nitrogens with one attached hydrogen (secondary N) is 1. The van der Waals surface area contributed by atoms with Crippen molar-refractivity contribution in [2.45, 2.75) is 45.3 Å². The van der Waals surface area contributed by atoms with Gasteiger partial charge >= 0.3 is 0 Å². The molecule has 0 radical (unpaired) electrons. The van der Waals surface area contributed by atoms with Crippen molar-refractivity contribution in [3.8, 4) is 0 Å². The third-order valence-electron chi connectivity index (χ3n) is 2.72. The van der Waals surface area contributed by atoms with Crippen LogP contribution in [0.3, 0.4) is 0 Å². The van der Waals surface area contributed by atoms with E-state index in [9.17, 15) is 0 Å². The number of aromatic amines is 1. The van der Waals surface area contributed by atoms with Gasteiger partial charge in [0.2, 0.25) is 0 Å². The molecule has 4 heteroatoms. The molecule has 0 saturated heterocycles. The Hall–Kier alpha value is -0.870. The summed E-state index contributed by atoms with van der Waals surface area (Å²) in [5, 5.41) is 0. The van der Waals surface area contributed by atoms with Gasteiger partial charge in [-0.1, -0.05) is 6.92 Å². The summed E-state index contributed by atoms with van der Waals surface area (Å²) < 4.78 is 5.45. The summed E-state index contributed by atoms with van der Waals surface area (Å²) in [5.74, 6) is 0.947. The quantitative estimate of drug-likeness (QED) is 0.731. The highest BCUT2D eigenvalue weighted by atomic mass is 16.5. The lowest BCUT2D eigenvalue weighted by Gasteiger charge is -2.15. The van der Waals surface area contributed by atoms with E-state index in [4.69, 9.17) is 10.5 Å². The number of rotatable bonds is 4. The highest BCUT2D eigenvalue weighted by molar-refractivity contribution is 5.19. The third-order valence-corrected chi connectivity index (χ3v) is 2.72. The zero-order chi connectivity index (χ0) is 10.7. The average Bonchev–Trinajstić information content (AvgIpc) is 2.60. The second-order valence-corrected chi connectivity index (χ2v) is 4.16. The molecule has 1 aromatic rings.